The molecule has 1 aliphatic carbocycles. The van der Waals surface area contributed by atoms with E-state index in [0.29, 0.717) is 40.0 Å². The normalized spacial score (nSPS) is 18.3. The van der Waals surface area contributed by atoms with E-state index in [0.717, 1.165) is 28.2 Å². The van der Waals surface area contributed by atoms with Crippen molar-refractivity contribution >= 4 is 57.9 Å². The number of anilines is 2. The van der Waals surface area contributed by atoms with Crippen LogP contribution < -0.4 is 15.5 Å². The van der Waals surface area contributed by atoms with Crippen molar-refractivity contribution in [2.45, 2.75) is 39.3 Å². The minimum atomic E-state index is -0.527. The Hall–Kier alpha value is -2.99. The monoisotopic (exact) mass is 567 g/mol. The molecule has 2 N–H and O–H groups in total. The Bertz CT molecular complexity index is 1430. The number of Topliss-reactive ketones (excluding diaryl/α,β-unsaturated/α-hetero) is 1. The molecule has 5 rings (SSSR count). The van der Waals surface area contributed by atoms with Crippen molar-refractivity contribution in [3.05, 3.63) is 104 Å². The molecular formula is C30H28Cl3N3O2. The molecule has 0 saturated carbocycles. The fraction of sp³-hybridized carbons (Fsp3) is 0.267. The molecule has 1 heterocycles. The van der Waals surface area contributed by atoms with Crippen LogP contribution in [0.4, 0.5) is 11.4 Å². The van der Waals surface area contributed by atoms with Crippen LogP contribution in [0.2, 0.25) is 15.1 Å². The summed E-state index contributed by atoms with van der Waals surface area (Å²) in [7, 11) is 0. The molecule has 3 aromatic rings. The molecule has 3 aromatic carbocycles. The smallest absolute Gasteiger partial charge is 0.239 e. The van der Waals surface area contributed by atoms with E-state index in [9.17, 15) is 9.59 Å². The van der Waals surface area contributed by atoms with Crippen LogP contribution in [-0.2, 0) is 16.1 Å². The van der Waals surface area contributed by atoms with E-state index in [1.807, 2.05) is 47.4 Å². The van der Waals surface area contributed by atoms with Crippen LogP contribution in [0.15, 0.2) is 78.0 Å². The average molecular weight is 569 g/mol. The molecule has 0 aromatic heterocycles. The first kappa shape index (κ1) is 26.6. The highest BCUT2D eigenvalue weighted by Crippen LogP contribution is 2.48. The molecule has 0 spiro atoms. The van der Waals surface area contributed by atoms with Gasteiger partial charge in [-0.2, -0.15) is 0 Å². The minimum Gasteiger partial charge on any atom is -0.357 e. The summed E-state index contributed by atoms with van der Waals surface area (Å²) in [6.45, 7) is 4.60. The molecule has 1 unspecified atom stereocenters. The Morgan fingerprint density at radius 3 is 2.47 bits per heavy atom. The van der Waals surface area contributed by atoms with Crippen LogP contribution in [0, 0.1) is 5.41 Å². The van der Waals surface area contributed by atoms with Crippen LogP contribution in [-0.4, -0.2) is 18.2 Å². The number of amides is 1. The van der Waals surface area contributed by atoms with Crippen LogP contribution in [0.25, 0.3) is 0 Å². The topological polar surface area (TPSA) is 61.4 Å². The number of halogens is 3. The molecule has 0 fully saturated rings. The molecule has 0 bridgehead atoms. The van der Waals surface area contributed by atoms with Crippen molar-refractivity contribution in [1.82, 2.24) is 5.32 Å². The lowest BCUT2D eigenvalue weighted by atomic mass is 9.73. The van der Waals surface area contributed by atoms with E-state index < -0.39 is 6.04 Å². The summed E-state index contributed by atoms with van der Waals surface area (Å²) in [6, 6.07) is 20.0. The average Bonchev–Trinajstić information content (AvgIpc) is 2.99. The van der Waals surface area contributed by atoms with Gasteiger partial charge in [-0.3, -0.25) is 9.59 Å². The maximum absolute atomic E-state index is 13.8. The van der Waals surface area contributed by atoms with E-state index in [1.54, 1.807) is 24.3 Å². The van der Waals surface area contributed by atoms with E-state index in [1.165, 1.54) is 0 Å². The van der Waals surface area contributed by atoms with Gasteiger partial charge in [0, 0.05) is 29.3 Å². The van der Waals surface area contributed by atoms with Gasteiger partial charge in [-0.15, -0.1) is 0 Å². The second kappa shape index (κ2) is 10.6. The predicted octanol–water partition coefficient (Wildman–Crippen LogP) is 7.58. The molecule has 0 radical (unpaired) electrons. The number of rotatable bonds is 5. The molecule has 38 heavy (non-hydrogen) atoms. The van der Waals surface area contributed by atoms with Crippen molar-refractivity contribution in [1.29, 1.82) is 0 Å². The van der Waals surface area contributed by atoms with E-state index in [4.69, 9.17) is 34.8 Å². The van der Waals surface area contributed by atoms with Crippen LogP contribution >= 0.6 is 34.8 Å². The molecule has 1 amide bonds. The Kier molecular flexibility index (Phi) is 7.45. The lowest BCUT2D eigenvalue weighted by Gasteiger charge is -2.38. The van der Waals surface area contributed by atoms with Gasteiger partial charge in [0.1, 0.15) is 0 Å². The molecule has 0 saturated heterocycles. The van der Waals surface area contributed by atoms with Gasteiger partial charge in [-0.25, -0.2) is 0 Å². The van der Waals surface area contributed by atoms with Gasteiger partial charge in [-0.1, -0.05) is 79.0 Å². The zero-order valence-electron chi connectivity index (χ0n) is 21.2. The maximum atomic E-state index is 13.8. The minimum absolute atomic E-state index is 0.0324. The Morgan fingerprint density at radius 2 is 1.74 bits per heavy atom. The zero-order valence-corrected chi connectivity index (χ0v) is 23.4. The standard InChI is InChI=1S/C30H28Cl3N3O2/c1-30(2)14-24-28(26(37)15-30)29(19-9-12-21(32)22(33)13-19)36(25-6-4-3-5-23(25)35-24)17-27(38)34-16-18-7-10-20(31)11-8-18/h3-13,29,35H,14-17H2,1-2H3,(H,34,38). The number of nitrogens with zero attached hydrogens (tertiary/aromatic N) is 1. The second-order valence-electron chi connectivity index (χ2n) is 10.6. The van der Waals surface area contributed by atoms with Crippen molar-refractivity contribution < 1.29 is 9.59 Å². The first-order valence-corrected chi connectivity index (χ1v) is 13.6. The summed E-state index contributed by atoms with van der Waals surface area (Å²) in [5.74, 6) is -0.119. The molecule has 196 valence electrons. The van der Waals surface area contributed by atoms with Gasteiger partial charge in [-0.05, 0) is 59.4 Å². The number of carbonyl (C=O) groups excluding carboxylic acids is 2. The fourth-order valence-electron chi connectivity index (χ4n) is 5.27. The largest absolute Gasteiger partial charge is 0.357 e. The number of ketones is 1. The highest BCUT2D eigenvalue weighted by atomic mass is 35.5. The van der Waals surface area contributed by atoms with Gasteiger partial charge in [0.15, 0.2) is 5.78 Å². The third-order valence-electron chi connectivity index (χ3n) is 6.98. The third kappa shape index (κ3) is 5.56. The molecule has 2 aliphatic rings. The lowest BCUT2D eigenvalue weighted by Crippen LogP contribution is -2.41. The number of carbonyl (C=O) groups is 2. The van der Waals surface area contributed by atoms with E-state index in [-0.39, 0.29) is 23.7 Å². The molecule has 1 atom stereocenters. The summed E-state index contributed by atoms with van der Waals surface area (Å²) in [5.41, 5.74) is 4.75. The van der Waals surface area contributed by atoms with Crippen molar-refractivity contribution in [2.24, 2.45) is 5.41 Å². The van der Waals surface area contributed by atoms with Gasteiger partial charge in [0.2, 0.25) is 5.91 Å². The molecule has 8 heteroatoms. The van der Waals surface area contributed by atoms with Crippen LogP contribution in [0.1, 0.15) is 43.9 Å². The quantitative estimate of drug-likeness (QED) is 0.333. The lowest BCUT2D eigenvalue weighted by molar-refractivity contribution is -0.120. The Morgan fingerprint density at radius 1 is 1.00 bits per heavy atom. The molecule has 5 nitrogen and oxygen atoms in total. The number of benzene rings is 3. The zero-order chi connectivity index (χ0) is 27.0. The van der Waals surface area contributed by atoms with Gasteiger partial charge >= 0.3 is 0 Å². The highest BCUT2D eigenvalue weighted by molar-refractivity contribution is 6.42. The first-order valence-electron chi connectivity index (χ1n) is 12.5. The number of hydrogen-bond donors (Lipinski definition) is 2. The maximum Gasteiger partial charge on any atom is 0.239 e. The number of nitrogens with one attached hydrogen (secondary N) is 2. The van der Waals surface area contributed by atoms with Gasteiger partial charge in [0.25, 0.3) is 0 Å². The fourth-order valence-corrected chi connectivity index (χ4v) is 5.70. The molecular weight excluding hydrogens is 541 g/mol. The summed E-state index contributed by atoms with van der Waals surface area (Å²) >= 11 is 18.7. The number of hydrogen-bond acceptors (Lipinski definition) is 4. The van der Waals surface area contributed by atoms with Crippen molar-refractivity contribution in [3.8, 4) is 0 Å². The third-order valence-corrected chi connectivity index (χ3v) is 7.97. The predicted molar refractivity (Wildman–Crippen MR) is 155 cm³/mol. The highest BCUT2D eigenvalue weighted by Gasteiger charge is 2.42. The first-order chi connectivity index (χ1) is 18.1. The van der Waals surface area contributed by atoms with Crippen molar-refractivity contribution in [3.63, 3.8) is 0 Å². The number of allylic oxidation sites excluding steroid dienone is 1. The van der Waals surface area contributed by atoms with Crippen LogP contribution in [0.5, 0.6) is 0 Å². The summed E-state index contributed by atoms with van der Waals surface area (Å²) < 4.78 is 0. The van der Waals surface area contributed by atoms with Crippen molar-refractivity contribution in [2.75, 3.05) is 16.8 Å². The van der Waals surface area contributed by atoms with Gasteiger partial charge < -0.3 is 15.5 Å². The number of fused-ring (bicyclic) bond motifs is 1. The number of para-hydroxylation sites is 2. The Labute approximate surface area is 237 Å². The Balaban J connectivity index is 1.58. The van der Waals surface area contributed by atoms with Gasteiger partial charge in [0.05, 0.1) is 34.0 Å². The van der Waals surface area contributed by atoms with Crippen LogP contribution in [0.3, 0.4) is 0 Å². The SMILES string of the molecule is CC1(C)CC(=O)C2=C(C1)Nc1ccccc1N(CC(=O)NCc1ccc(Cl)cc1)C2c1ccc(Cl)c(Cl)c1. The molecule has 1 aliphatic heterocycles. The van der Waals surface area contributed by atoms with E-state index >= 15 is 0 Å². The summed E-state index contributed by atoms with van der Waals surface area (Å²) in [6.07, 6.45) is 1.12. The summed E-state index contributed by atoms with van der Waals surface area (Å²) in [5, 5.41) is 8.03. The summed E-state index contributed by atoms with van der Waals surface area (Å²) in [4.78, 5) is 29.1. The second-order valence-corrected chi connectivity index (χ2v) is 11.8. The van der Waals surface area contributed by atoms with E-state index in [2.05, 4.69) is 24.5 Å².